The maximum atomic E-state index is 10.8. The third-order valence-electron chi connectivity index (χ3n) is 3.11. The first-order valence-corrected chi connectivity index (χ1v) is 4.85. The van der Waals surface area contributed by atoms with Gasteiger partial charge in [0.15, 0.2) is 0 Å². The number of alkyl halides is 1. The van der Waals surface area contributed by atoms with Crippen LogP contribution in [0.25, 0.3) is 0 Å². The SMILES string of the molecule is O=[N+]([O-])C12CCC(CC1Br)C2. The zero-order chi connectivity index (χ0) is 8.06. The molecule has 3 atom stereocenters. The smallest absolute Gasteiger partial charge is 0.234 e. The van der Waals surface area contributed by atoms with Gasteiger partial charge in [0.2, 0.25) is 5.54 Å². The molecular weight excluding hydrogens is 210 g/mol. The standard InChI is InChI=1S/C7H10BrNO2/c8-6-3-5-1-2-7(6,4-5)9(10)11/h5-6H,1-4H2. The van der Waals surface area contributed by atoms with Crippen LogP contribution >= 0.6 is 15.9 Å². The highest BCUT2D eigenvalue weighted by molar-refractivity contribution is 9.09. The van der Waals surface area contributed by atoms with E-state index in [4.69, 9.17) is 0 Å². The van der Waals surface area contributed by atoms with Crippen molar-refractivity contribution in [3.8, 4) is 0 Å². The summed E-state index contributed by atoms with van der Waals surface area (Å²) in [6.07, 6.45) is 3.64. The van der Waals surface area contributed by atoms with Crippen molar-refractivity contribution in [3.05, 3.63) is 10.1 Å². The Kier molecular flexibility index (Phi) is 1.50. The molecule has 0 spiro atoms. The number of nitrogens with zero attached hydrogens (tertiary/aromatic N) is 1. The van der Waals surface area contributed by atoms with Crippen molar-refractivity contribution >= 4 is 15.9 Å². The fraction of sp³-hybridized carbons (Fsp3) is 1.00. The summed E-state index contributed by atoms with van der Waals surface area (Å²) in [6.45, 7) is 0. The van der Waals surface area contributed by atoms with E-state index >= 15 is 0 Å². The second kappa shape index (κ2) is 2.19. The minimum absolute atomic E-state index is 0.0700. The van der Waals surface area contributed by atoms with Gasteiger partial charge in [-0.15, -0.1) is 0 Å². The topological polar surface area (TPSA) is 43.1 Å². The van der Waals surface area contributed by atoms with Crippen molar-refractivity contribution in [1.82, 2.24) is 0 Å². The molecular formula is C7H10BrNO2. The van der Waals surface area contributed by atoms with Gasteiger partial charge in [-0.3, -0.25) is 10.1 Å². The van der Waals surface area contributed by atoms with Gasteiger partial charge in [-0.1, -0.05) is 15.9 Å². The molecule has 0 aromatic rings. The number of halogens is 1. The van der Waals surface area contributed by atoms with Crippen molar-refractivity contribution in [2.45, 2.75) is 36.0 Å². The Hall–Kier alpha value is -0.120. The molecule has 0 aliphatic heterocycles. The lowest BCUT2D eigenvalue weighted by molar-refractivity contribution is -0.564. The van der Waals surface area contributed by atoms with Gasteiger partial charge in [-0.2, -0.15) is 0 Å². The van der Waals surface area contributed by atoms with Gasteiger partial charge in [-0.05, 0) is 18.8 Å². The van der Waals surface area contributed by atoms with E-state index in [2.05, 4.69) is 15.9 Å². The first kappa shape index (κ1) is 7.53. The van der Waals surface area contributed by atoms with Gasteiger partial charge in [0, 0.05) is 17.8 Å². The number of rotatable bonds is 1. The molecule has 0 aromatic heterocycles. The molecule has 0 N–H and O–H groups in total. The minimum Gasteiger partial charge on any atom is -0.264 e. The summed E-state index contributed by atoms with van der Waals surface area (Å²) in [5.41, 5.74) is -0.593. The minimum atomic E-state index is -0.593. The molecule has 2 saturated carbocycles. The fourth-order valence-corrected chi connectivity index (χ4v) is 3.55. The molecule has 2 fully saturated rings. The van der Waals surface area contributed by atoms with Crippen molar-refractivity contribution in [1.29, 1.82) is 0 Å². The molecule has 2 aliphatic carbocycles. The van der Waals surface area contributed by atoms with Crippen LogP contribution in [0.15, 0.2) is 0 Å². The van der Waals surface area contributed by atoms with Crippen molar-refractivity contribution < 1.29 is 4.92 Å². The Morgan fingerprint density at radius 1 is 1.64 bits per heavy atom. The maximum absolute atomic E-state index is 10.8. The van der Waals surface area contributed by atoms with Gasteiger partial charge in [0.05, 0.1) is 4.83 Å². The van der Waals surface area contributed by atoms with Crippen molar-refractivity contribution in [2.75, 3.05) is 0 Å². The quantitative estimate of drug-likeness (QED) is 0.385. The predicted molar refractivity (Wildman–Crippen MR) is 44.4 cm³/mol. The van der Waals surface area contributed by atoms with Crippen LogP contribution < -0.4 is 0 Å². The Morgan fingerprint density at radius 2 is 2.36 bits per heavy atom. The first-order valence-electron chi connectivity index (χ1n) is 3.94. The monoisotopic (exact) mass is 219 g/mol. The van der Waals surface area contributed by atoms with Crippen LogP contribution in [0.5, 0.6) is 0 Å². The average Bonchev–Trinajstić information content (AvgIpc) is 2.43. The van der Waals surface area contributed by atoms with E-state index in [0.717, 1.165) is 25.7 Å². The van der Waals surface area contributed by atoms with E-state index < -0.39 is 5.54 Å². The van der Waals surface area contributed by atoms with Crippen LogP contribution in [0.1, 0.15) is 25.7 Å². The number of fused-ring (bicyclic) bond motifs is 2. The van der Waals surface area contributed by atoms with E-state index in [1.807, 2.05) is 0 Å². The summed E-state index contributed by atoms with van der Waals surface area (Å²) in [7, 11) is 0. The molecule has 62 valence electrons. The zero-order valence-corrected chi connectivity index (χ0v) is 7.71. The van der Waals surface area contributed by atoms with Crippen LogP contribution in [0.4, 0.5) is 0 Å². The highest BCUT2D eigenvalue weighted by Crippen LogP contribution is 2.52. The van der Waals surface area contributed by atoms with Crippen LogP contribution in [-0.2, 0) is 0 Å². The molecule has 0 heterocycles. The van der Waals surface area contributed by atoms with Crippen LogP contribution in [0.2, 0.25) is 0 Å². The molecule has 3 nitrogen and oxygen atoms in total. The van der Waals surface area contributed by atoms with E-state index in [1.165, 1.54) is 0 Å². The summed E-state index contributed by atoms with van der Waals surface area (Å²) in [6, 6.07) is 0. The lowest BCUT2D eigenvalue weighted by Gasteiger charge is -2.22. The summed E-state index contributed by atoms with van der Waals surface area (Å²) in [4.78, 5) is 10.8. The van der Waals surface area contributed by atoms with E-state index in [9.17, 15) is 10.1 Å². The zero-order valence-electron chi connectivity index (χ0n) is 6.12. The van der Waals surface area contributed by atoms with Crippen LogP contribution in [0, 0.1) is 16.0 Å². The highest BCUT2D eigenvalue weighted by atomic mass is 79.9. The third-order valence-corrected chi connectivity index (χ3v) is 4.34. The molecule has 0 saturated heterocycles. The number of nitro groups is 1. The summed E-state index contributed by atoms with van der Waals surface area (Å²) in [5, 5.41) is 10.8. The summed E-state index contributed by atoms with van der Waals surface area (Å²) in [5.74, 6) is 0.616. The Balaban J connectivity index is 2.29. The lowest BCUT2D eigenvalue weighted by Crippen LogP contribution is -2.41. The molecule has 2 bridgehead atoms. The van der Waals surface area contributed by atoms with Gasteiger partial charge < -0.3 is 0 Å². The third kappa shape index (κ3) is 0.849. The van der Waals surface area contributed by atoms with Crippen LogP contribution in [-0.4, -0.2) is 15.3 Å². The number of hydrogen-bond donors (Lipinski definition) is 0. The molecule has 11 heavy (non-hydrogen) atoms. The Bertz CT molecular complexity index is 209. The molecule has 2 aliphatic rings. The summed E-state index contributed by atoms with van der Waals surface area (Å²) >= 11 is 3.41. The van der Waals surface area contributed by atoms with E-state index in [-0.39, 0.29) is 9.75 Å². The number of hydrogen-bond acceptors (Lipinski definition) is 2. The van der Waals surface area contributed by atoms with E-state index in [0.29, 0.717) is 5.92 Å². The van der Waals surface area contributed by atoms with Crippen molar-refractivity contribution in [3.63, 3.8) is 0 Å². The van der Waals surface area contributed by atoms with Gasteiger partial charge in [-0.25, -0.2) is 0 Å². The van der Waals surface area contributed by atoms with Gasteiger partial charge in [0.1, 0.15) is 0 Å². The predicted octanol–water partition coefficient (Wildman–Crippen LogP) is 1.97. The average molecular weight is 220 g/mol. The second-order valence-corrected chi connectivity index (χ2v) is 4.78. The first-order chi connectivity index (χ1) is 5.15. The van der Waals surface area contributed by atoms with E-state index in [1.54, 1.807) is 0 Å². The fourth-order valence-electron chi connectivity index (χ4n) is 2.44. The Labute approximate surface area is 73.4 Å². The molecule has 0 radical (unpaired) electrons. The normalized spacial score (nSPS) is 48.1. The molecule has 4 heteroatoms. The maximum Gasteiger partial charge on any atom is 0.234 e. The van der Waals surface area contributed by atoms with Gasteiger partial charge in [0.25, 0.3) is 0 Å². The molecule has 0 aromatic carbocycles. The summed E-state index contributed by atoms with van der Waals surface area (Å²) < 4.78 is 0. The molecule has 3 unspecified atom stereocenters. The van der Waals surface area contributed by atoms with Crippen molar-refractivity contribution in [2.24, 2.45) is 5.92 Å². The molecule has 0 amide bonds. The van der Waals surface area contributed by atoms with Gasteiger partial charge >= 0.3 is 0 Å². The molecule has 2 rings (SSSR count). The Morgan fingerprint density at radius 3 is 2.64 bits per heavy atom. The largest absolute Gasteiger partial charge is 0.264 e. The second-order valence-electron chi connectivity index (χ2n) is 3.67. The lowest BCUT2D eigenvalue weighted by atomic mass is 9.94. The highest BCUT2D eigenvalue weighted by Gasteiger charge is 2.60. The van der Waals surface area contributed by atoms with Crippen LogP contribution in [0.3, 0.4) is 0 Å².